The van der Waals surface area contributed by atoms with Crippen LogP contribution in [0.25, 0.3) is 0 Å². The second-order valence-corrected chi connectivity index (χ2v) is 4.04. The van der Waals surface area contributed by atoms with Crippen LogP contribution < -0.4 is 10.4 Å². The Balaban J connectivity index is 2.24. The first kappa shape index (κ1) is 13.6. The number of nitrogens with one attached hydrogen (secondary N) is 1. The van der Waals surface area contributed by atoms with Gasteiger partial charge in [0.05, 0.1) is 25.0 Å². The summed E-state index contributed by atoms with van der Waals surface area (Å²) in [5.41, 5.74) is 0.854. The fraction of sp³-hybridized carbons (Fsp3) is 0.273. The molecule has 1 aliphatic heterocycles. The number of amides is 1. The number of benzene rings is 1. The van der Waals surface area contributed by atoms with Crippen molar-refractivity contribution < 1.29 is 24.2 Å². The Morgan fingerprint density at radius 1 is 1.47 bits per heavy atom. The van der Waals surface area contributed by atoms with Crippen molar-refractivity contribution >= 4 is 34.9 Å². The molecule has 0 saturated carbocycles. The highest BCUT2D eigenvalue weighted by Crippen LogP contribution is 2.30. The minimum absolute atomic E-state index is 0.327. The van der Waals surface area contributed by atoms with Gasteiger partial charge in [0.2, 0.25) is 0 Å². The van der Waals surface area contributed by atoms with Crippen LogP contribution in [0, 0.1) is 0 Å². The average Bonchev–Trinajstić information content (AvgIpc) is 2.91. The Labute approximate surface area is 113 Å². The first-order valence-corrected chi connectivity index (χ1v) is 5.75. The molecule has 1 fully saturated rings. The molecule has 0 bridgehead atoms. The highest BCUT2D eigenvalue weighted by Gasteiger charge is 2.22. The van der Waals surface area contributed by atoms with Gasteiger partial charge < -0.3 is 10.1 Å². The summed E-state index contributed by atoms with van der Waals surface area (Å²) in [6.07, 6.45) is 0. The maximum atomic E-state index is 11.5. The lowest BCUT2D eigenvalue weighted by Gasteiger charge is -2.17. The third-order valence-corrected chi connectivity index (χ3v) is 2.60. The van der Waals surface area contributed by atoms with Crippen LogP contribution in [0.15, 0.2) is 18.2 Å². The summed E-state index contributed by atoms with van der Waals surface area (Å²) in [6.45, 7) is 0.885. The van der Waals surface area contributed by atoms with E-state index in [4.69, 9.17) is 21.5 Å². The Morgan fingerprint density at radius 2 is 2.26 bits per heavy atom. The molecule has 19 heavy (non-hydrogen) atoms. The number of carbonyl (C=O) groups excluding carboxylic acids is 2. The molecule has 1 heterocycles. The third kappa shape index (κ3) is 3.14. The molecule has 1 amide bonds. The van der Waals surface area contributed by atoms with Crippen molar-refractivity contribution in [3.05, 3.63) is 23.2 Å². The van der Waals surface area contributed by atoms with E-state index in [-0.39, 0.29) is 0 Å². The maximum Gasteiger partial charge on any atom is 0.396 e. The molecule has 2 rings (SSSR count). The van der Waals surface area contributed by atoms with Crippen molar-refractivity contribution in [1.29, 1.82) is 0 Å². The minimum Gasteiger partial charge on any atom is -0.462 e. The Bertz CT molecular complexity index is 502. The molecule has 1 aliphatic rings. The summed E-state index contributed by atoms with van der Waals surface area (Å²) in [5, 5.41) is 4.24. The summed E-state index contributed by atoms with van der Waals surface area (Å²) < 4.78 is 4.33. The number of methoxy groups -OCH3 is 1. The van der Waals surface area contributed by atoms with E-state index in [1.807, 2.05) is 0 Å². The highest BCUT2D eigenvalue weighted by atomic mass is 35.5. The van der Waals surface area contributed by atoms with Gasteiger partial charge in [-0.3, -0.25) is 4.79 Å². The number of esters is 1. The van der Waals surface area contributed by atoms with Crippen molar-refractivity contribution in [1.82, 2.24) is 0 Å². The van der Waals surface area contributed by atoms with Crippen LogP contribution in [-0.2, 0) is 24.2 Å². The normalized spacial score (nSPS) is 14.3. The molecule has 0 atom stereocenters. The van der Waals surface area contributed by atoms with Crippen LogP contribution in [0.5, 0.6) is 0 Å². The lowest BCUT2D eigenvalue weighted by molar-refractivity contribution is -0.258. The van der Waals surface area contributed by atoms with Gasteiger partial charge in [-0.2, -0.15) is 0 Å². The van der Waals surface area contributed by atoms with E-state index >= 15 is 0 Å². The van der Waals surface area contributed by atoms with E-state index in [1.165, 1.54) is 11.1 Å². The number of hydrogen-bond acceptors (Lipinski definition) is 6. The molecule has 1 saturated heterocycles. The van der Waals surface area contributed by atoms with Gasteiger partial charge in [0.1, 0.15) is 6.61 Å². The quantitative estimate of drug-likeness (QED) is 0.499. The van der Waals surface area contributed by atoms with Crippen LogP contribution in [-0.4, -0.2) is 32.1 Å². The first-order chi connectivity index (χ1) is 9.11. The number of halogens is 1. The Kier molecular flexibility index (Phi) is 4.20. The molecule has 1 aromatic rings. The predicted molar refractivity (Wildman–Crippen MR) is 66.5 cm³/mol. The Hall–Kier alpha value is -1.83. The minimum atomic E-state index is -0.996. The number of anilines is 2. The van der Waals surface area contributed by atoms with Crippen molar-refractivity contribution in [3.63, 3.8) is 0 Å². The molecule has 0 aliphatic carbocycles. The second kappa shape index (κ2) is 5.87. The smallest absolute Gasteiger partial charge is 0.396 e. The molecule has 0 aromatic heterocycles. The fourth-order valence-corrected chi connectivity index (χ4v) is 1.68. The molecule has 1 aromatic carbocycles. The van der Waals surface area contributed by atoms with Crippen LogP contribution in [0.2, 0.25) is 5.02 Å². The van der Waals surface area contributed by atoms with E-state index in [2.05, 4.69) is 10.1 Å². The molecule has 8 heteroatoms. The monoisotopic (exact) mass is 286 g/mol. The van der Waals surface area contributed by atoms with Crippen molar-refractivity contribution in [2.24, 2.45) is 0 Å². The van der Waals surface area contributed by atoms with Gasteiger partial charge in [-0.25, -0.2) is 14.7 Å². The lowest BCUT2D eigenvalue weighted by Crippen LogP contribution is -2.26. The second-order valence-electron chi connectivity index (χ2n) is 3.61. The zero-order valence-electron chi connectivity index (χ0n) is 10.0. The number of nitrogens with zero attached hydrogens (tertiary/aromatic N) is 1. The van der Waals surface area contributed by atoms with E-state index in [0.29, 0.717) is 29.5 Å². The molecule has 0 spiro atoms. The zero-order valence-corrected chi connectivity index (χ0v) is 10.8. The number of rotatable bonds is 2. The number of hydroxylamine groups is 1. The van der Waals surface area contributed by atoms with Crippen LogP contribution in [0.1, 0.15) is 0 Å². The Morgan fingerprint density at radius 3 is 2.89 bits per heavy atom. The topological polar surface area (TPSA) is 77.1 Å². The van der Waals surface area contributed by atoms with Gasteiger partial charge in [0.15, 0.2) is 0 Å². The van der Waals surface area contributed by atoms with E-state index in [9.17, 15) is 9.59 Å². The van der Waals surface area contributed by atoms with Crippen molar-refractivity contribution in [2.75, 3.05) is 30.6 Å². The van der Waals surface area contributed by atoms with E-state index < -0.39 is 11.9 Å². The largest absolute Gasteiger partial charge is 0.462 e. The van der Waals surface area contributed by atoms with Gasteiger partial charge in [0.25, 0.3) is 0 Å². The fourth-order valence-electron chi connectivity index (χ4n) is 1.51. The highest BCUT2D eigenvalue weighted by molar-refractivity contribution is 6.38. The van der Waals surface area contributed by atoms with Gasteiger partial charge >= 0.3 is 11.9 Å². The van der Waals surface area contributed by atoms with Crippen LogP contribution in [0.4, 0.5) is 11.4 Å². The summed E-state index contributed by atoms with van der Waals surface area (Å²) in [6, 6.07) is 4.77. The van der Waals surface area contributed by atoms with Gasteiger partial charge in [0, 0.05) is 5.02 Å². The van der Waals surface area contributed by atoms with E-state index in [0.717, 1.165) is 7.11 Å². The lowest BCUT2D eigenvalue weighted by atomic mass is 10.2. The molecule has 7 nitrogen and oxygen atoms in total. The van der Waals surface area contributed by atoms with Crippen LogP contribution in [0.3, 0.4) is 0 Å². The summed E-state index contributed by atoms with van der Waals surface area (Å²) in [5.74, 6) is -1.89. The molecule has 102 valence electrons. The zero-order chi connectivity index (χ0) is 13.8. The van der Waals surface area contributed by atoms with Crippen molar-refractivity contribution in [3.8, 4) is 0 Å². The summed E-state index contributed by atoms with van der Waals surface area (Å²) >= 11 is 5.86. The molecular weight excluding hydrogens is 276 g/mol. The van der Waals surface area contributed by atoms with Gasteiger partial charge in [-0.05, 0) is 18.2 Å². The third-order valence-electron chi connectivity index (χ3n) is 2.37. The predicted octanol–water partition coefficient (Wildman–Crippen LogP) is 1.13. The van der Waals surface area contributed by atoms with Crippen LogP contribution >= 0.6 is 11.6 Å². The van der Waals surface area contributed by atoms with Gasteiger partial charge in [-0.15, -0.1) is 4.99 Å². The van der Waals surface area contributed by atoms with Crippen molar-refractivity contribution in [2.45, 2.75) is 0 Å². The van der Waals surface area contributed by atoms with E-state index in [1.54, 1.807) is 12.1 Å². The number of carbonyl (C=O) groups is 2. The maximum absolute atomic E-state index is 11.5. The number of ether oxygens (including phenoxy) is 1. The first-order valence-electron chi connectivity index (χ1n) is 5.38. The van der Waals surface area contributed by atoms with Gasteiger partial charge in [-0.1, -0.05) is 11.6 Å². The SMILES string of the molecule is COC(=O)C(=O)Nc1cc(Cl)ccc1N1CCOO1. The standard InChI is InChI=1S/C11H11ClN2O5/c1-17-11(16)10(15)13-8-6-7(12)2-3-9(8)14-4-5-18-19-14/h2-3,6H,4-5H2,1H3,(H,13,15). The molecule has 1 N–H and O–H groups in total. The molecular formula is C11H11ClN2O5. The average molecular weight is 287 g/mol. The molecule has 0 radical (unpaired) electrons. The number of hydrogen-bond donors (Lipinski definition) is 1. The summed E-state index contributed by atoms with van der Waals surface area (Å²) in [7, 11) is 1.12. The summed E-state index contributed by atoms with van der Waals surface area (Å²) in [4.78, 5) is 32.3. The molecule has 0 unspecified atom stereocenters.